The lowest BCUT2D eigenvalue weighted by molar-refractivity contribution is 0.107. The van der Waals surface area contributed by atoms with E-state index in [4.69, 9.17) is 16.3 Å². The molecule has 0 aromatic heterocycles. The summed E-state index contributed by atoms with van der Waals surface area (Å²) < 4.78 is 32.0. The van der Waals surface area contributed by atoms with Crippen molar-refractivity contribution in [3.8, 4) is 0 Å². The van der Waals surface area contributed by atoms with Gasteiger partial charge in [-0.3, -0.25) is 0 Å². The first-order valence-corrected chi connectivity index (χ1v) is 7.14. The highest BCUT2D eigenvalue weighted by molar-refractivity contribution is 7.87. The van der Waals surface area contributed by atoms with Crippen LogP contribution in [0, 0.1) is 0 Å². The predicted molar refractivity (Wildman–Crippen MR) is 71.8 cm³/mol. The van der Waals surface area contributed by atoms with Crippen LogP contribution in [0.5, 0.6) is 0 Å². The van der Waals surface area contributed by atoms with Gasteiger partial charge in [-0.05, 0) is 17.7 Å². The number of hydrogen-bond acceptors (Lipinski definition) is 3. The largest absolute Gasteiger partial charge is 0.375 e. The van der Waals surface area contributed by atoms with E-state index in [-0.39, 0.29) is 12.6 Å². The molecule has 1 atom stereocenters. The molecule has 0 unspecified atom stereocenters. The number of rotatable bonds is 6. The van der Waals surface area contributed by atoms with Gasteiger partial charge in [0.2, 0.25) is 0 Å². The first kappa shape index (κ1) is 15.4. The first-order chi connectivity index (χ1) is 8.36. The van der Waals surface area contributed by atoms with Gasteiger partial charge < -0.3 is 4.74 Å². The summed E-state index contributed by atoms with van der Waals surface area (Å²) >= 11 is 5.88. The highest BCUT2D eigenvalue weighted by Gasteiger charge is 2.17. The van der Waals surface area contributed by atoms with Crippen molar-refractivity contribution in [2.45, 2.75) is 6.10 Å². The molecule has 0 saturated heterocycles. The van der Waals surface area contributed by atoms with E-state index in [0.717, 1.165) is 9.87 Å². The van der Waals surface area contributed by atoms with Crippen LogP contribution in [0.2, 0.25) is 5.02 Å². The highest BCUT2D eigenvalue weighted by Crippen LogP contribution is 2.19. The Labute approximate surface area is 113 Å². The van der Waals surface area contributed by atoms with Crippen LogP contribution in [0.25, 0.3) is 0 Å². The van der Waals surface area contributed by atoms with Gasteiger partial charge in [0, 0.05) is 32.8 Å². The summed E-state index contributed by atoms with van der Waals surface area (Å²) in [4.78, 5) is 0. The van der Waals surface area contributed by atoms with Gasteiger partial charge in [0.15, 0.2) is 0 Å². The minimum absolute atomic E-state index is 0.150. The molecule has 1 N–H and O–H groups in total. The zero-order chi connectivity index (χ0) is 13.8. The van der Waals surface area contributed by atoms with Gasteiger partial charge in [-0.25, -0.2) is 0 Å². The standard InChI is InChI=1S/C11H17ClN2O3S/c1-14(2)18(15,16)13-8-11(17-3)9-5-4-6-10(12)7-9/h4-7,11,13H,8H2,1-3H3/t11-/m1/s1. The van der Waals surface area contributed by atoms with Crippen molar-refractivity contribution in [1.82, 2.24) is 9.03 Å². The van der Waals surface area contributed by atoms with Crippen molar-refractivity contribution in [1.29, 1.82) is 0 Å². The Balaban J connectivity index is 2.75. The molecule has 0 amide bonds. The Kier molecular flexibility index (Phi) is 5.55. The summed E-state index contributed by atoms with van der Waals surface area (Å²) in [5.74, 6) is 0. The first-order valence-electron chi connectivity index (χ1n) is 5.32. The van der Waals surface area contributed by atoms with Gasteiger partial charge >= 0.3 is 0 Å². The molecule has 1 aromatic rings. The molecule has 0 fully saturated rings. The van der Waals surface area contributed by atoms with Crippen LogP contribution in [0.3, 0.4) is 0 Å². The Morgan fingerprint density at radius 3 is 2.61 bits per heavy atom. The average molecular weight is 293 g/mol. The number of halogens is 1. The monoisotopic (exact) mass is 292 g/mol. The third-order valence-corrected chi connectivity index (χ3v) is 4.16. The number of benzene rings is 1. The molecule has 0 bridgehead atoms. The highest BCUT2D eigenvalue weighted by atomic mass is 35.5. The molecule has 0 radical (unpaired) electrons. The van der Waals surface area contributed by atoms with Crippen LogP contribution in [0.15, 0.2) is 24.3 Å². The van der Waals surface area contributed by atoms with Crippen molar-refractivity contribution in [3.63, 3.8) is 0 Å². The quantitative estimate of drug-likeness (QED) is 0.863. The molecule has 0 aliphatic heterocycles. The zero-order valence-electron chi connectivity index (χ0n) is 10.6. The number of hydrogen-bond donors (Lipinski definition) is 1. The summed E-state index contributed by atoms with van der Waals surface area (Å²) in [7, 11) is 0.996. The number of ether oxygens (including phenoxy) is 1. The van der Waals surface area contributed by atoms with Gasteiger partial charge in [-0.1, -0.05) is 23.7 Å². The molecule has 7 heteroatoms. The van der Waals surface area contributed by atoms with Crippen molar-refractivity contribution in [2.24, 2.45) is 0 Å². The zero-order valence-corrected chi connectivity index (χ0v) is 12.1. The van der Waals surface area contributed by atoms with Gasteiger partial charge in [0.1, 0.15) is 0 Å². The maximum atomic E-state index is 11.6. The predicted octanol–water partition coefficient (Wildman–Crippen LogP) is 1.42. The summed E-state index contributed by atoms with van der Waals surface area (Å²) in [6, 6.07) is 7.13. The lowest BCUT2D eigenvalue weighted by Crippen LogP contribution is -2.38. The SMILES string of the molecule is CO[C@H](CNS(=O)(=O)N(C)C)c1cccc(Cl)c1. The van der Waals surface area contributed by atoms with Gasteiger partial charge in [0.25, 0.3) is 10.2 Å². The second-order valence-electron chi connectivity index (χ2n) is 3.92. The Hall–Kier alpha value is -0.660. The fourth-order valence-corrected chi connectivity index (χ4v) is 2.17. The maximum Gasteiger partial charge on any atom is 0.279 e. The van der Waals surface area contributed by atoms with Gasteiger partial charge in [-0.2, -0.15) is 17.4 Å². The average Bonchev–Trinajstić information content (AvgIpc) is 2.29. The fourth-order valence-electron chi connectivity index (χ4n) is 1.35. The van der Waals surface area contributed by atoms with E-state index in [1.54, 1.807) is 18.2 Å². The van der Waals surface area contributed by atoms with Crippen molar-refractivity contribution in [3.05, 3.63) is 34.9 Å². The lowest BCUT2D eigenvalue weighted by atomic mass is 10.1. The molecular formula is C11H17ClN2O3S. The molecule has 18 heavy (non-hydrogen) atoms. The third kappa shape index (κ3) is 4.22. The molecular weight excluding hydrogens is 276 g/mol. The molecule has 0 aliphatic rings. The lowest BCUT2D eigenvalue weighted by Gasteiger charge is -2.18. The summed E-state index contributed by atoms with van der Waals surface area (Å²) in [6.07, 6.45) is -0.376. The molecule has 102 valence electrons. The minimum atomic E-state index is -3.45. The number of methoxy groups -OCH3 is 1. The van der Waals surface area contributed by atoms with Crippen molar-refractivity contribution >= 4 is 21.8 Å². The topological polar surface area (TPSA) is 58.6 Å². The van der Waals surface area contributed by atoms with Crippen LogP contribution < -0.4 is 4.72 Å². The van der Waals surface area contributed by atoms with Crippen LogP contribution in [0.4, 0.5) is 0 Å². The molecule has 0 saturated carbocycles. The van der Waals surface area contributed by atoms with Crippen LogP contribution >= 0.6 is 11.6 Å². The number of nitrogens with one attached hydrogen (secondary N) is 1. The smallest absolute Gasteiger partial charge is 0.279 e. The summed E-state index contributed by atoms with van der Waals surface area (Å²) in [5.41, 5.74) is 0.825. The van der Waals surface area contributed by atoms with E-state index in [9.17, 15) is 8.42 Å². The second-order valence-corrected chi connectivity index (χ2v) is 6.32. The minimum Gasteiger partial charge on any atom is -0.375 e. The van der Waals surface area contributed by atoms with E-state index < -0.39 is 10.2 Å². The van der Waals surface area contributed by atoms with Crippen molar-refractivity contribution < 1.29 is 13.2 Å². The summed E-state index contributed by atoms with van der Waals surface area (Å²) in [6.45, 7) is 0.150. The van der Waals surface area contributed by atoms with Gasteiger partial charge in [-0.15, -0.1) is 0 Å². The maximum absolute atomic E-state index is 11.6. The van der Waals surface area contributed by atoms with E-state index in [0.29, 0.717) is 5.02 Å². The second kappa shape index (κ2) is 6.49. The molecule has 1 rings (SSSR count). The van der Waals surface area contributed by atoms with E-state index in [2.05, 4.69) is 4.72 Å². The molecule has 5 nitrogen and oxygen atoms in total. The molecule has 0 aliphatic carbocycles. The van der Waals surface area contributed by atoms with Crippen molar-refractivity contribution in [2.75, 3.05) is 27.7 Å². The summed E-state index contributed by atoms with van der Waals surface area (Å²) in [5, 5.41) is 0.588. The van der Waals surface area contributed by atoms with E-state index >= 15 is 0 Å². The Morgan fingerprint density at radius 2 is 2.11 bits per heavy atom. The molecule has 0 heterocycles. The molecule has 1 aromatic carbocycles. The third-order valence-electron chi connectivity index (χ3n) is 2.44. The Morgan fingerprint density at radius 1 is 1.44 bits per heavy atom. The Bertz CT molecular complexity index is 491. The molecule has 0 spiro atoms. The van der Waals surface area contributed by atoms with E-state index in [1.165, 1.54) is 21.2 Å². The normalized spacial score (nSPS) is 13.8. The van der Waals surface area contributed by atoms with Gasteiger partial charge in [0.05, 0.1) is 6.10 Å². The number of nitrogens with zero attached hydrogens (tertiary/aromatic N) is 1. The van der Waals surface area contributed by atoms with Crippen LogP contribution in [0.1, 0.15) is 11.7 Å². The van der Waals surface area contributed by atoms with E-state index in [1.807, 2.05) is 6.07 Å². The van der Waals surface area contributed by atoms with Crippen LogP contribution in [-0.2, 0) is 14.9 Å². The fraction of sp³-hybridized carbons (Fsp3) is 0.455. The van der Waals surface area contributed by atoms with Crippen LogP contribution in [-0.4, -0.2) is 40.5 Å².